The van der Waals surface area contributed by atoms with Crippen LogP contribution in [-0.2, 0) is 21.4 Å². The van der Waals surface area contributed by atoms with Gasteiger partial charge in [0.2, 0.25) is 11.5 Å². The maximum atomic E-state index is 13.6. The highest BCUT2D eigenvalue weighted by atomic mass is 16.4. The first-order chi connectivity index (χ1) is 22.0. The number of allylic oxidation sites excluding steroid dienone is 5. The van der Waals surface area contributed by atoms with Gasteiger partial charge in [-0.05, 0) is 69.0 Å². The number of unbranched alkanes of at least 4 members (excludes halogenated alkanes) is 3. The topological polar surface area (TPSA) is 105 Å². The second-order valence-electron chi connectivity index (χ2n) is 12.5. The molecule has 46 heavy (non-hydrogen) atoms. The Hall–Kier alpha value is -4.70. The van der Waals surface area contributed by atoms with Gasteiger partial charge in [0.25, 0.3) is 0 Å². The van der Waals surface area contributed by atoms with E-state index in [9.17, 15) is 25.1 Å². The summed E-state index contributed by atoms with van der Waals surface area (Å²) in [6, 6.07) is 15.7. The Morgan fingerprint density at radius 2 is 1.78 bits per heavy atom. The van der Waals surface area contributed by atoms with Gasteiger partial charge in [-0.3, -0.25) is 4.79 Å². The van der Waals surface area contributed by atoms with Gasteiger partial charge in [-0.25, -0.2) is 4.79 Å². The van der Waals surface area contributed by atoms with E-state index < -0.39 is 5.97 Å². The molecule has 0 radical (unpaired) electrons. The van der Waals surface area contributed by atoms with Gasteiger partial charge in [-0.2, -0.15) is 9.84 Å². The van der Waals surface area contributed by atoms with Crippen molar-refractivity contribution < 1.29 is 24.4 Å². The summed E-state index contributed by atoms with van der Waals surface area (Å²) in [5.41, 5.74) is 6.79. The van der Waals surface area contributed by atoms with E-state index >= 15 is 0 Å². The van der Waals surface area contributed by atoms with Gasteiger partial charge in [0, 0.05) is 42.1 Å². The normalized spacial score (nSPS) is 16.9. The lowest BCUT2D eigenvalue weighted by Gasteiger charge is -2.29. The number of aryl methyl sites for hydroxylation is 1. The molecule has 0 amide bonds. The van der Waals surface area contributed by atoms with Gasteiger partial charge in [-0.15, -0.1) is 0 Å². The Balaban J connectivity index is 1.72. The first-order valence-electron chi connectivity index (χ1n) is 16.4. The molecular weight excluding hydrogens is 574 g/mol. The SMILES string of the molecule is CCCCCCN(C(C)=CC1=C(O)/C(=C/C2=[N+](CCC)c3ccccc3C2(C)C)C1=O)c1ccc(/C=C(/C#N)C(=O)O)cc1CC. The van der Waals surface area contributed by atoms with Gasteiger partial charge >= 0.3 is 5.97 Å². The smallest absolute Gasteiger partial charge is 0.346 e. The molecule has 0 unspecified atom stereocenters. The molecule has 1 aliphatic heterocycles. The molecule has 1 heterocycles. The number of para-hydroxylation sites is 1. The predicted molar refractivity (Wildman–Crippen MR) is 185 cm³/mol. The monoisotopic (exact) mass is 620 g/mol. The third-order valence-electron chi connectivity index (χ3n) is 8.98. The van der Waals surface area contributed by atoms with E-state index in [4.69, 9.17) is 0 Å². The molecule has 0 saturated heterocycles. The number of Topliss-reactive ketones (excluding diaryl/α,β-unsaturated/α-hetero) is 1. The quantitative estimate of drug-likeness (QED) is 0.0952. The molecule has 0 aromatic heterocycles. The molecule has 0 spiro atoms. The average Bonchev–Trinajstić information content (AvgIpc) is 3.26. The van der Waals surface area contributed by atoms with E-state index in [0.29, 0.717) is 23.1 Å². The number of carboxylic acids is 1. The maximum absolute atomic E-state index is 13.6. The van der Waals surface area contributed by atoms with Crippen LogP contribution in [0.1, 0.15) is 90.3 Å². The van der Waals surface area contributed by atoms with Gasteiger partial charge in [0.1, 0.15) is 23.9 Å². The van der Waals surface area contributed by atoms with Crippen molar-refractivity contribution in [2.75, 3.05) is 18.0 Å². The first-order valence-corrected chi connectivity index (χ1v) is 16.4. The van der Waals surface area contributed by atoms with Crippen LogP contribution in [0.5, 0.6) is 0 Å². The fraction of sp³-hybridized carbons (Fsp3) is 0.385. The number of carbonyl (C=O) groups is 2. The number of carbonyl (C=O) groups excluding carboxylic acids is 1. The molecule has 4 rings (SSSR count). The highest BCUT2D eigenvalue weighted by Crippen LogP contribution is 2.42. The number of aliphatic hydroxyl groups excluding tert-OH is 1. The van der Waals surface area contributed by atoms with Crippen LogP contribution < -0.4 is 4.90 Å². The molecule has 7 heteroatoms. The lowest BCUT2D eigenvalue weighted by Crippen LogP contribution is -2.31. The third kappa shape index (κ3) is 6.77. The molecule has 2 aliphatic rings. The van der Waals surface area contributed by atoms with Crippen molar-refractivity contribution in [2.24, 2.45) is 0 Å². The molecule has 2 N–H and O–H groups in total. The van der Waals surface area contributed by atoms with Crippen LogP contribution in [0.4, 0.5) is 11.4 Å². The van der Waals surface area contributed by atoms with Gasteiger partial charge < -0.3 is 15.1 Å². The number of fused-ring (bicyclic) bond motifs is 1. The van der Waals surface area contributed by atoms with Crippen molar-refractivity contribution >= 4 is 34.9 Å². The fourth-order valence-corrected chi connectivity index (χ4v) is 6.43. The number of hydrogen-bond donors (Lipinski definition) is 2. The van der Waals surface area contributed by atoms with E-state index in [1.807, 2.05) is 50.3 Å². The number of carboxylic acid groups (broad SMARTS) is 1. The molecule has 0 fully saturated rings. The molecule has 0 saturated carbocycles. The second-order valence-corrected chi connectivity index (χ2v) is 12.5. The minimum atomic E-state index is -1.26. The summed E-state index contributed by atoms with van der Waals surface area (Å²) in [4.78, 5) is 27.2. The number of hydrogen-bond acceptors (Lipinski definition) is 5. The number of aliphatic hydroxyl groups is 1. The molecule has 0 atom stereocenters. The highest BCUT2D eigenvalue weighted by Gasteiger charge is 2.46. The van der Waals surface area contributed by atoms with Crippen LogP contribution in [0.15, 0.2) is 82.8 Å². The lowest BCUT2D eigenvalue weighted by atomic mass is 9.78. The Bertz CT molecular complexity index is 1730. The van der Waals surface area contributed by atoms with Crippen LogP contribution in [0.3, 0.4) is 0 Å². The standard InChI is InChI=1S/C39H45N3O4/c1-7-10-11-14-20-41(33-18-17-27(22-28(33)9-3)23-29(25-40)38(45)46)26(4)21-30-36(43)31(37(30)44)24-35-39(5,6)32-15-12-13-16-34(32)42(35)19-8-2/h12-13,15-18,21-24H,7-11,14,19-20H2,1-6H3,(H-,43,44,45,46)/p+1/b29-23-. The zero-order chi connectivity index (χ0) is 33.6. The zero-order valence-corrected chi connectivity index (χ0v) is 28.0. The molecule has 2 aromatic rings. The third-order valence-corrected chi connectivity index (χ3v) is 8.98. The van der Waals surface area contributed by atoms with E-state index in [1.54, 1.807) is 12.1 Å². The van der Waals surface area contributed by atoms with Gasteiger partial charge in [-0.1, -0.05) is 64.3 Å². The summed E-state index contributed by atoms with van der Waals surface area (Å²) in [6.07, 6.45) is 10.9. The van der Waals surface area contributed by atoms with Crippen molar-refractivity contribution in [3.8, 4) is 6.07 Å². The first kappa shape index (κ1) is 34.2. The Morgan fingerprint density at radius 3 is 2.41 bits per heavy atom. The van der Waals surface area contributed by atoms with E-state index in [1.165, 1.54) is 11.6 Å². The highest BCUT2D eigenvalue weighted by molar-refractivity contribution is 6.24. The predicted octanol–water partition coefficient (Wildman–Crippen LogP) is 8.34. The van der Waals surface area contributed by atoms with Crippen LogP contribution in [0, 0.1) is 11.3 Å². The minimum Gasteiger partial charge on any atom is -0.506 e. The number of ketones is 1. The van der Waals surface area contributed by atoms with Crippen molar-refractivity contribution in [1.82, 2.24) is 0 Å². The van der Waals surface area contributed by atoms with Crippen LogP contribution in [0.25, 0.3) is 6.08 Å². The summed E-state index contributed by atoms with van der Waals surface area (Å²) in [5, 5.41) is 29.8. The van der Waals surface area contributed by atoms with E-state index in [2.05, 4.69) is 49.3 Å². The molecule has 0 bridgehead atoms. The summed E-state index contributed by atoms with van der Waals surface area (Å²) < 4.78 is 2.27. The zero-order valence-electron chi connectivity index (χ0n) is 28.0. The number of benzene rings is 2. The van der Waals surface area contributed by atoms with Crippen molar-refractivity contribution in [1.29, 1.82) is 5.26 Å². The lowest BCUT2D eigenvalue weighted by molar-refractivity contribution is -0.437. The van der Waals surface area contributed by atoms with Crippen molar-refractivity contribution in [3.63, 3.8) is 0 Å². The number of aliphatic carboxylic acids is 1. The van der Waals surface area contributed by atoms with E-state index in [-0.39, 0.29) is 22.5 Å². The summed E-state index contributed by atoms with van der Waals surface area (Å²) in [6.45, 7) is 14.2. The Kier molecular flexibility index (Phi) is 10.8. The van der Waals surface area contributed by atoms with Crippen LogP contribution >= 0.6 is 0 Å². The van der Waals surface area contributed by atoms with E-state index in [0.717, 1.165) is 73.5 Å². The van der Waals surface area contributed by atoms with Gasteiger partial charge in [0.05, 0.1) is 16.6 Å². The number of anilines is 1. The number of rotatable bonds is 14. The fourth-order valence-electron chi connectivity index (χ4n) is 6.43. The second kappa shape index (κ2) is 14.6. The van der Waals surface area contributed by atoms with Crippen LogP contribution in [-0.4, -0.2) is 45.3 Å². The van der Waals surface area contributed by atoms with Crippen LogP contribution in [0.2, 0.25) is 0 Å². The molecule has 7 nitrogen and oxygen atoms in total. The largest absolute Gasteiger partial charge is 0.506 e. The molecule has 1 aliphatic carbocycles. The van der Waals surface area contributed by atoms with Crippen molar-refractivity contribution in [3.05, 3.63) is 99.5 Å². The van der Waals surface area contributed by atoms with Gasteiger partial charge in [0.15, 0.2) is 5.71 Å². The molecular formula is C39H46N3O4+. The molecule has 2 aromatic carbocycles. The summed E-state index contributed by atoms with van der Waals surface area (Å²) in [7, 11) is 0. The minimum absolute atomic E-state index is 0.0138. The van der Waals surface area contributed by atoms with Crippen molar-refractivity contribution in [2.45, 2.75) is 85.5 Å². The number of nitrogens with zero attached hydrogens (tertiary/aromatic N) is 3. The number of nitriles is 1. The Labute approximate surface area is 273 Å². The summed E-state index contributed by atoms with van der Waals surface area (Å²) in [5.74, 6) is -1.42. The maximum Gasteiger partial charge on any atom is 0.346 e. The average molecular weight is 621 g/mol. The molecule has 240 valence electrons. The Morgan fingerprint density at radius 1 is 1.04 bits per heavy atom. The summed E-state index contributed by atoms with van der Waals surface area (Å²) >= 11 is 0.